The van der Waals surface area contributed by atoms with Crippen LogP contribution in [0.2, 0.25) is 0 Å². The minimum absolute atomic E-state index is 0.0731. The summed E-state index contributed by atoms with van der Waals surface area (Å²) < 4.78 is 0. The van der Waals surface area contributed by atoms with Crippen LogP contribution < -0.4 is 21.7 Å². The van der Waals surface area contributed by atoms with Gasteiger partial charge in [0.25, 0.3) is 0 Å². The molecule has 0 aromatic heterocycles. The second kappa shape index (κ2) is 13.5. The Labute approximate surface area is 194 Å². The molecule has 1 rings (SSSR count). The third-order valence-electron chi connectivity index (χ3n) is 4.67. The van der Waals surface area contributed by atoms with Gasteiger partial charge in [0.05, 0.1) is 12.5 Å². The smallest absolute Gasteiger partial charge is 0.326 e. The minimum Gasteiger partial charge on any atom is -0.481 e. The Morgan fingerprint density at radius 1 is 0.824 bits per heavy atom. The molecule has 34 heavy (non-hydrogen) atoms. The summed E-state index contributed by atoms with van der Waals surface area (Å²) in [5, 5.41) is 33.8. The molecule has 0 spiro atoms. The molecule has 0 aliphatic heterocycles. The molecule has 3 amide bonds. The standard InChI is InChI=1S/C21H28N4O9/c1-11(23-19(31)13(22)7-8-16(26)27)18(30)24-14(10-17(28)29)20(32)25-15(21(33)34)9-12-5-3-2-4-6-12/h2-6,11,13-15H,7-10,22H2,1H3,(H,23,31)(H,24,30)(H,25,32)(H,26,27)(H,28,29)(H,33,34)/t11-,13-,14-,15-/m0/s1. The van der Waals surface area contributed by atoms with E-state index in [9.17, 15) is 33.9 Å². The number of rotatable bonds is 14. The van der Waals surface area contributed by atoms with Gasteiger partial charge in [0.1, 0.15) is 18.1 Å². The average Bonchev–Trinajstić information content (AvgIpc) is 2.76. The minimum atomic E-state index is -1.62. The molecular weight excluding hydrogens is 452 g/mol. The maximum absolute atomic E-state index is 12.6. The number of hydrogen-bond donors (Lipinski definition) is 7. The van der Waals surface area contributed by atoms with Crippen molar-refractivity contribution in [3.63, 3.8) is 0 Å². The van der Waals surface area contributed by atoms with E-state index in [0.29, 0.717) is 5.56 Å². The lowest BCUT2D eigenvalue weighted by Crippen LogP contribution is -2.57. The van der Waals surface area contributed by atoms with Gasteiger partial charge in [0.2, 0.25) is 17.7 Å². The second-order valence-electron chi connectivity index (χ2n) is 7.52. The lowest BCUT2D eigenvalue weighted by Gasteiger charge is -2.23. The van der Waals surface area contributed by atoms with Gasteiger partial charge in [-0.1, -0.05) is 30.3 Å². The van der Waals surface area contributed by atoms with Gasteiger partial charge in [0, 0.05) is 12.8 Å². The molecule has 0 saturated heterocycles. The van der Waals surface area contributed by atoms with Crippen LogP contribution in [-0.2, 0) is 35.2 Å². The van der Waals surface area contributed by atoms with Crippen molar-refractivity contribution in [2.45, 2.75) is 56.8 Å². The molecule has 1 aromatic carbocycles. The van der Waals surface area contributed by atoms with Crippen molar-refractivity contribution < 1.29 is 44.1 Å². The molecule has 0 saturated carbocycles. The highest BCUT2D eigenvalue weighted by Crippen LogP contribution is 2.05. The molecule has 0 radical (unpaired) electrons. The summed E-state index contributed by atoms with van der Waals surface area (Å²) in [5.41, 5.74) is 6.19. The number of nitrogens with one attached hydrogen (secondary N) is 3. The first-order valence-electron chi connectivity index (χ1n) is 10.3. The summed E-state index contributed by atoms with van der Waals surface area (Å²) in [6, 6.07) is 2.98. The first kappa shape index (κ1) is 28.0. The van der Waals surface area contributed by atoms with Crippen molar-refractivity contribution >= 4 is 35.6 Å². The predicted molar refractivity (Wildman–Crippen MR) is 116 cm³/mol. The summed E-state index contributed by atoms with van der Waals surface area (Å²) in [5.74, 6) is -6.69. The van der Waals surface area contributed by atoms with Gasteiger partial charge in [0.15, 0.2) is 0 Å². The van der Waals surface area contributed by atoms with Crippen LogP contribution in [0.3, 0.4) is 0 Å². The predicted octanol–water partition coefficient (Wildman–Crippen LogP) is -1.55. The van der Waals surface area contributed by atoms with Crippen molar-refractivity contribution in [2.75, 3.05) is 0 Å². The summed E-state index contributed by atoms with van der Waals surface area (Å²) in [7, 11) is 0. The van der Waals surface area contributed by atoms with E-state index in [4.69, 9.17) is 15.9 Å². The monoisotopic (exact) mass is 480 g/mol. The zero-order valence-electron chi connectivity index (χ0n) is 18.4. The molecule has 13 nitrogen and oxygen atoms in total. The van der Waals surface area contributed by atoms with Crippen molar-refractivity contribution in [3.05, 3.63) is 35.9 Å². The van der Waals surface area contributed by atoms with Crippen LogP contribution in [0.1, 0.15) is 31.7 Å². The van der Waals surface area contributed by atoms with Crippen molar-refractivity contribution in [2.24, 2.45) is 5.73 Å². The van der Waals surface area contributed by atoms with Gasteiger partial charge in [-0.2, -0.15) is 0 Å². The first-order valence-corrected chi connectivity index (χ1v) is 10.3. The maximum Gasteiger partial charge on any atom is 0.326 e. The van der Waals surface area contributed by atoms with Crippen molar-refractivity contribution in [1.29, 1.82) is 0 Å². The number of amides is 3. The van der Waals surface area contributed by atoms with E-state index >= 15 is 0 Å². The van der Waals surface area contributed by atoms with Crippen LogP contribution in [0, 0.1) is 0 Å². The van der Waals surface area contributed by atoms with Crippen molar-refractivity contribution in [3.8, 4) is 0 Å². The molecule has 8 N–H and O–H groups in total. The fraction of sp³-hybridized carbons (Fsp3) is 0.429. The van der Waals surface area contributed by atoms with E-state index in [1.54, 1.807) is 30.3 Å². The fourth-order valence-electron chi connectivity index (χ4n) is 2.80. The molecule has 0 heterocycles. The van der Waals surface area contributed by atoms with Gasteiger partial charge in [-0.3, -0.25) is 24.0 Å². The van der Waals surface area contributed by atoms with Gasteiger partial charge >= 0.3 is 17.9 Å². The molecule has 0 aliphatic rings. The molecular formula is C21H28N4O9. The first-order chi connectivity index (χ1) is 15.9. The highest BCUT2D eigenvalue weighted by atomic mass is 16.4. The quantitative estimate of drug-likeness (QED) is 0.162. The Morgan fingerprint density at radius 3 is 1.94 bits per heavy atom. The topological polar surface area (TPSA) is 225 Å². The number of carbonyl (C=O) groups excluding carboxylic acids is 3. The second-order valence-corrected chi connectivity index (χ2v) is 7.52. The van der Waals surface area contributed by atoms with E-state index in [1.807, 2.05) is 0 Å². The fourth-order valence-corrected chi connectivity index (χ4v) is 2.80. The zero-order chi connectivity index (χ0) is 25.8. The largest absolute Gasteiger partial charge is 0.481 e. The normalized spacial score (nSPS) is 14.1. The molecule has 1 aromatic rings. The van der Waals surface area contributed by atoms with E-state index in [1.165, 1.54) is 6.92 Å². The Morgan fingerprint density at radius 2 is 1.41 bits per heavy atom. The molecule has 186 valence electrons. The zero-order valence-corrected chi connectivity index (χ0v) is 18.4. The third-order valence-corrected chi connectivity index (χ3v) is 4.67. The van der Waals surface area contributed by atoms with Crippen LogP contribution in [-0.4, -0.2) is 75.1 Å². The highest BCUT2D eigenvalue weighted by molar-refractivity contribution is 5.95. The Hall–Kier alpha value is -4.00. The maximum atomic E-state index is 12.6. The lowest BCUT2D eigenvalue weighted by atomic mass is 10.0. The van der Waals surface area contributed by atoms with E-state index in [0.717, 1.165) is 0 Å². The van der Waals surface area contributed by atoms with Crippen LogP contribution in [0.5, 0.6) is 0 Å². The molecule has 0 fully saturated rings. The number of carboxylic acid groups (broad SMARTS) is 3. The van der Waals surface area contributed by atoms with E-state index in [2.05, 4.69) is 16.0 Å². The molecule has 4 atom stereocenters. The van der Waals surface area contributed by atoms with Crippen LogP contribution in [0.25, 0.3) is 0 Å². The SMILES string of the molecule is C[C@H](NC(=O)[C@@H](N)CCC(=O)O)C(=O)N[C@@H](CC(=O)O)C(=O)N[C@@H](Cc1ccccc1)C(=O)O. The number of benzene rings is 1. The lowest BCUT2D eigenvalue weighted by molar-refractivity contribution is -0.143. The summed E-state index contributed by atoms with van der Waals surface area (Å²) in [6.45, 7) is 1.25. The van der Waals surface area contributed by atoms with E-state index in [-0.39, 0.29) is 19.3 Å². The Kier molecular flexibility index (Phi) is 11.2. The van der Waals surface area contributed by atoms with Gasteiger partial charge < -0.3 is 37.0 Å². The van der Waals surface area contributed by atoms with E-state index < -0.39 is 66.2 Å². The van der Waals surface area contributed by atoms with Crippen LogP contribution in [0.15, 0.2) is 30.3 Å². The summed E-state index contributed by atoms with van der Waals surface area (Å²) >= 11 is 0. The number of aliphatic carboxylic acids is 3. The molecule has 0 bridgehead atoms. The number of nitrogens with two attached hydrogens (primary N) is 1. The number of carboxylic acids is 3. The number of hydrogen-bond acceptors (Lipinski definition) is 7. The average molecular weight is 480 g/mol. The number of carbonyl (C=O) groups is 6. The third kappa shape index (κ3) is 10.1. The molecule has 0 unspecified atom stereocenters. The van der Waals surface area contributed by atoms with Crippen LogP contribution >= 0.6 is 0 Å². The Bertz CT molecular complexity index is 907. The summed E-state index contributed by atoms with van der Waals surface area (Å²) in [6.07, 6.45) is -1.44. The summed E-state index contributed by atoms with van der Waals surface area (Å²) in [4.78, 5) is 70.4. The van der Waals surface area contributed by atoms with Gasteiger partial charge in [-0.25, -0.2) is 4.79 Å². The van der Waals surface area contributed by atoms with Gasteiger partial charge in [-0.05, 0) is 18.9 Å². The molecule has 13 heteroatoms. The van der Waals surface area contributed by atoms with Crippen LogP contribution in [0.4, 0.5) is 0 Å². The van der Waals surface area contributed by atoms with Crippen molar-refractivity contribution in [1.82, 2.24) is 16.0 Å². The van der Waals surface area contributed by atoms with Gasteiger partial charge in [-0.15, -0.1) is 0 Å². The highest BCUT2D eigenvalue weighted by Gasteiger charge is 2.30. The molecule has 0 aliphatic carbocycles. The Balaban J connectivity index is 2.80.